The maximum absolute atomic E-state index is 11.3. The molecule has 1 aromatic heterocycles. The minimum absolute atomic E-state index is 0.343. The number of rotatable bonds is 4. The maximum Gasteiger partial charge on any atom is 0.150 e. The Balaban J connectivity index is 1.84. The number of sulfone groups is 1. The van der Waals surface area contributed by atoms with E-state index >= 15 is 0 Å². The Morgan fingerprint density at radius 1 is 1.41 bits per heavy atom. The monoisotopic (exact) mass is 273 g/mol. The standard InChI is InChI=1S/C12H19NO2S2/c1-2-10-3-6-16-12(10)9-13-11-4-7-17(14,15)8-5-11/h3,6,11,13H,2,4-5,7-9H2,1H3. The van der Waals surface area contributed by atoms with Crippen LogP contribution in [0.2, 0.25) is 0 Å². The van der Waals surface area contributed by atoms with Crippen molar-refractivity contribution in [3.05, 3.63) is 21.9 Å². The van der Waals surface area contributed by atoms with Gasteiger partial charge < -0.3 is 5.32 Å². The summed E-state index contributed by atoms with van der Waals surface area (Å²) in [5.41, 5.74) is 1.41. The molecular formula is C12H19NO2S2. The zero-order valence-electron chi connectivity index (χ0n) is 10.1. The van der Waals surface area contributed by atoms with Crippen LogP contribution < -0.4 is 5.32 Å². The molecule has 3 nitrogen and oxygen atoms in total. The molecule has 0 spiro atoms. The predicted octanol–water partition coefficient (Wildman–Crippen LogP) is 1.98. The third-order valence-electron chi connectivity index (χ3n) is 3.32. The maximum atomic E-state index is 11.3. The highest BCUT2D eigenvalue weighted by Crippen LogP contribution is 2.18. The van der Waals surface area contributed by atoms with Gasteiger partial charge in [0.25, 0.3) is 0 Å². The van der Waals surface area contributed by atoms with Gasteiger partial charge >= 0.3 is 0 Å². The van der Waals surface area contributed by atoms with Crippen LogP contribution in [0.5, 0.6) is 0 Å². The summed E-state index contributed by atoms with van der Waals surface area (Å²) < 4.78 is 22.6. The molecule has 0 aromatic carbocycles. The van der Waals surface area contributed by atoms with E-state index in [9.17, 15) is 8.42 Å². The molecule has 0 atom stereocenters. The van der Waals surface area contributed by atoms with Crippen molar-refractivity contribution in [3.8, 4) is 0 Å². The van der Waals surface area contributed by atoms with Crippen LogP contribution >= 0.6 is 11.3 Å². The van der Waals surface area contributed by atoms with Gasteiger partial charge in [-0.2, -0.15) is 0 Å². The number of hydrogen-bond acceptors (Lipinski definition) is 4. The molecule has 0 aliphatic carbocycles. The zero-order chi connectivity index (χ0) is 12.3. The van der Waals surface area contributed by atoms with Gasteiger partial charge in [-0.3, -0.25) is 0 Å². The molecule has 1 aliphatic rings. The van der Waals surface area contributed by atoms with Crippen molar-refractivity contribution in [2.45, 2.75) is 38.8 Å². The normalized spacial score (nSPS) is 20.5. The third-order valence-corrected chi connectivity index (χ3v) is 6.00. The Bertz CT molecular complexity index is 451. The average Bonchev–Trinajstić information content (AvgIpc) is 2.75. The summed E-state index contributed by atoms with van der Waals surface area (Å²) in [6, 6.07) is 2.54. The van der Waals surface area contributed by atoms with Crippen LogP contribution in [-0.2, 0) is 22.8 Å². The van der Waals surface area contributed by atoms with Crippen molar-refractivity contribution in [1.82, 2.24) is 5.32 Å². The van der Waals surface area contributed by atoms with Gasteiger partial charge in [0.2, 0.25) is 0 Å². The molecule has 96 valence electrons. The summed E-state index contributed by atoms with van der Waals surface area (Å²) in [4.78, 5) is 1.39. The van der Waals surface area contributed by atoms with E-state index in [-0.39, 0.29) is 0 Å². The SMILES string of the molecule is CCc1ccsc1CNC1CCS(=O)(=O)CC1. The second-order valence-corrected chi connectivity index (χ2v) is 7.83. The summed E-state index contributed by atoms with van der Waals surface area (Å²) in [5, 5.41) is 5.61. The van der Waals surface area contributed by atoms with Crippen LogP contribution in [0.3, 0.4) is 0 Å². The Hall–Kier alpha value is -0.390. The first-order valence-electron chi connectivity index (χ1n) is 6.10. The van der Waals surface area contributed by atoms with Crippen LogP contribution in [0.4, 0.5) is 0 Å². The summed E-state index contributed by atoms with van der Waals surface area (Å²) in [5.74, 6) is 0.686. The van der Waals surface area contributed by atoms with Crippen molar-refractivity contribution in [2.75, 3.05) is 11.5 Å². The molecule has 5 heteroatoms. The van der Waals surface area contributed by atoms with Crippen LogP contribution in [0.25, 0.3) is 0 Å². The first-order valence-corrected chi connectivity index (χ1v) is 8.80. The molecule has 0 amide bonds. The molecule has 1 N–H and O–H groups in total. The third kappa shape index (κ3) is 3.53. The highest BCUT2D eigenvalue weighted by atomic mass is 32.2. The van der Waals surface area contributed by atoms with Gasteiger partial charge in [-0.05, 0) is 36.3 Å². The second-order valence-electron chi connectivity index (χ2n) is 4.53. The molecule has 0 saturated carbocycles. The Labute approximate surface area is 107 Å². The van der Waals surface area contributed by atoms with Gasteiger partial charge in [-0.1, -0.05) is 6.92 Å². The molecule has 2 heterocycles. The van der Waals surface area contributed by atoms with E-state index in [4.69, 9.17) is 0 Å². The molecule has 2 rings (SSSR count). The molecule has 0 radical (unpaired) electrons. The number of thiophene rings is 1. The van der Waals surface area contributed by atoms with Crippen LogP contribution in [0.15, 0.2) is 11.4 Å². The first kappa shape index (κ1) is 13.1. The molecular weight excluding hydrogens is 254 g/mol. The van der Waals surface area contributed by atoms with Crippen LogP contribution in [0.1, 0.15) is 30.2 Å². The zero-order valence-corrected chi connectivity index (χ0v) is 11.7. The largest absolute Gasteiger partial charge is 0.309 e. The molecule has 17 heavy (non-hydrogen) atoms. The van der Waals surface area contributed by atoms with E-state index in [0.29, 0.717) is 17.5 Å². The molecule has 1 aliphatic heterocycles. The van der Waals surface area contributed by atoms with Gasteiger partial charge in [-0.15, -0.1) is 11.3 Å². The number of nitrogens with one attached hydrogen (secondary N) is 1. The van der Waals surface area contributed by atoms with E-state index in [0.717, 1.165) is 25.8 Å². The van der Waals surface area contributed by atoms with E-state index < -0.39 is 9.84 Å². The Morgan fingerprint density at radius 3 is 2.76 bits per heavy atom. The van der Waals surface area contributed by atoms with Crippen molar-refractivity contribution in [3.63, 3.8) is 0 Å². The van der Waals surface area contributed by atoms with E-state index in [1.54, 1.807) is 11.3 Å². The molecule has 1 aromatic rings. The quantitative estimate of drug-likeness (QED) is 0.912. The summed E-state index contributed by atoms with van der Waals surface area (Å²) in [7, 11) is -2.74. The van der Waals surface area contributed by atoms with Gasteiger partial charge in [0, 0.05) is 17.5 Å². The van der Waals surface area contributed by atoms with Gasteiger partial charge in [0.05, 0.1) is 11.5 Å². The van der Waals surface area contributed by atoms with Crippen LogP contribution in [-0.4, -0.2) is 26.0 Å². The highest BCUT2D eigenvalue weighted by molar-refractivity contribution is 7.91. The fourth-order valence-corrected chi connectivity index (χ4v) is 4.59. The fourth-order valence-electron chi connectivity index (χ4n) is 2.17. The highest BCUT2D eigenvalue weighted by Gasteiger charge is 2.23. The smallest absolute Gasteiger partial charge is 0.150 e. The molecule has 0 unspecified atom stereocenters. The summed E-state index contributed by atoms with van der Waals surface area (Å²) >= 11 is 1.78. The second kappa shape index (κ2) is 5.50. The lowest BCUT2D eigenvalue weighted by molar-refractivity contribution is 0.464. The average molecular weight is 273 g/mol. The summed E-state index contributed by atoms with van der Waals surface area (Å²) in [6.07, 6.45) is 2.59. The minimum Gasteiger partial charge on any atom is -0.309 e. The minimum atomic E-state index is -2.74. The molecule has 1 fully saturated rings. The molecule has 1 saturated heterocycles. The lowest BCUT2D eigenvalue weighted by Crippen LogP contribution is -2.37. The number of aryl methyl sites for hydroxylation is 1. The first-order chi connectivity index (χ1) is 8.11. The molecule has 0 bridgehead atoms. The van der Waals surface area contributed by atoms with Crippen molar-refractivity contribution in [2.24, 2.45) is 0 Å². The lowest BCUT2D eigenvalue weighted by Gasteiger charge is -2.23. The van der Waals surface area contributed by atoms with Gasteiger partial charge in [-0.25, -0.2) is 8.42 Å². The van der Waals surface area contributed by atoms with E-state index in [1.807, 2.05) is 0 Å². The lowest BCUT2D eigenvalue weighted by atomic mass is 10.1. The van der Waals surface area contributed by atoms with E-state index in [2.05, 4.69) is 23.7 Å². The van der Waals surface area contributed by atoms with Crippen molar-refractivity contribution >= 4 is 21.2 Å². The van der Waals surface area contributed by atoms with Crippen molar-refractivity contribution < 1.29 is 8.42 Å². The number of hydrogen-bond donors (Lipinski definition) is 1. The summed E-state index contributed by atoms with van der Waals surface area (Å²) in [6.45, 7) is 3.05. The van der Waals surface area contributed by atoms with Crippen LogP contribution in [0, 0.1) is 0 Å². The fraction of sp³-hybridized carbons (Fsp3) is 0.667. The van der Waals surface area contributed by atoms with Gasteiger partial charge in [0.15, 0.2) is 0 Å². The van der Waals surface area contributed by atoms with Gasteiger partial charge in [0.1, 0.15) is 9.84 Å². The van der Waals surface area contributed by atoms with Crippen molar-refractivity contribution in [1.29, 1.82) is 0 Å². The Morgan fingerprint density at radius 2 is 2.12 bits per heavy atom. The topological polar surface area (TPSA) is 46.2 Å². The Kier molecular flexibility index (Phi) is 4.22. The van der Waals surface area contributed by atoms with E-state index in [1.165, 1.54) is 10.4 Å². The predicted molar refractivity (Wildman–Crippen MR) is 72.2 cm³/mol.